The molecular formula is C57H39N5. The topological polar surface area (TPSA) is 40.6 Å². The lowest BCUT2D eigenvalue weighted by Crippen LogP contribution is -1.97. The van der Waals surface area contributed by atoms with Gasteiger partial charge >= 0.3 is 0 Å². The van der Waals surface area contributed by atoms with E-state index in [-0.39, 0.29) is 0 Å². The Labute approximate surface area is 359 Å². The Morgan fingerprint density at radius 2 is 0.694 bits per heavy atom. The van der Waals surface area contributed by atoms with Gasteiger partial charge in [-0.1, -0.05) is 127 Å². The fraction of sp³-hybridized carbons (Fsp3) is 0.0175. The Kier molecular flexibility index (Phi) is 8.32. The van der Waals surface area contributed by atoms with Gasteiger partial charge in [-0.25, -0.2) is 9.97 Å². The van der Waals surface area contributed by atoms with E-state index in [4.69, 9.17) is 9.97 Å². The summed E-state index contributed by atoms with van der Waals surface area (Å²) in [7, 11) is 0. The maximum absolute atomic E-state index is 5.18. The highest BCUT2D eigenvalue weighted by Crippen LogP contribution is 2.39. The van der Waals surface area contributed by atoms with Crippen LogP contribution in [-0.2, 0) is 0 Å². The molecule has 0 unspecified atom stereocenters. The maximum Gasteiger partial charge on any atom is 0.145 e. The van der Waals surface area contributed by atoms with Gasteiger partial charge in [0.25, 0.3) is 0 Å². The van der Waals surface area contributed by atoms with Gasteiger partial charge in [0.05, 0.1) is 33.1 Å². The van der Waals surface area contributed by atoms with E-state index in [1.54, 1.807) is 0 Å². The highest BCUT2D eigenvalue weighted by atomic mass is 15.1. The first-order valence-electron chi connectivity index (χ1n) is 21.1. The highest BCUT2D eigenvalue weighted by molar-refractivity contribution is 6.11. The highest BCUT2D eigenvalue weighted by Gasteiger charge is 2.19. The zero-order valence-electron chi connectivity index (χ0n) is 34.0. The molecule has 0 aliphatic rings. The molecule has 0 atom stereocenters. The van der Waals surface area contributed by atoms with Crippen LogP contribution in [0.15, 0.2) is 218 Å². The number of nitrogens with zero attached hydrogens (tertiary/aromatic N) is 5. The quantitative estimate of drug-likeness (QED) is 0.161. The molecule has 3 aromatic heterocycles. The zero-order chi connectivity index (χ0) is 41.1. The number of hydrogen-bond donors (Lipinski definition) is 0. The van der Waals surface area contributed by atoms with E-state index in [2.05, 4.69) is 239 Å². The van der Waals surface area contributed by atoms with Crippen LogP contribution in [0, 0.1) is 6.92 Å². The molecule has 0 N–H and O–H groups in total. The van der Waals surface area contributed by atoms with Crippen molar-refractivity contribution < 1.29 is 0 Å². The summed E-state index contributed by atoms with van der Waals surface area (Å²) >= 11 is 0. The Morgan fingerprint density at radius 3 is 1.18 bits per heavy atom. The van der Waals surface area contributed by atoms with Gasteiger partial charge in [0.1, 0.15) is 11.6 Å². The van der Waals surface area contributed by atoms with Crippen LogP contribution in [0.3, 0.4) is 0 Å². The number of rotatable bonds is 7. The average molecular weight is 794 g/mol. The minimum Gasteiger partial charge on any atom is -0.309 e. The van der Waals surface area contributed by atoms with Gasteiger partial charge in [0.2, 0.25) is 0 Å². The first-order valence-corrected chi connectivity index (χ1v) is 21.1. The second-order valence-electron chi connectivity index (χ2n) is 16.0. The van der Waals surface area contributed by atoms with Crippen molar-refractivity contribution in [1.29, 1.82) is 0 Å². The second kappa shape index (κ2) is 14.5. The fourth-order valence-electron chi connectivity index (χ4n) is 9.15. The normalized spacial score (nSPS) is 11.6. The molecule has 0 bridgehead atoms. The molecule has 0 saturated heterocycles. The first-order chi connectivity index (χ1) is 30.6. The van der Waals surface area contributed by atoms with Gasteiger partial charge < -0.3 is 4.57 Å². The summed E-state index contributed by atoms with van der Waals surface area (Å²) in [5.74, 6) is 1.84. The minimum absolute atomic E-state index is 0.919. The van der Waals surface area contributed by atoms with Crippen molar-refractivity contribution in [1.82, 2.24) is 23.7 Å². The molecule has 5 heteroatoms. The van der Waals surface area contributed by atoms with Crippen molar-refractivity contribution in [2.75, 3.05) is 0 Å². The van der Waals surface area contributed by atoms with Crippen LogP contribution in [0.5, 0.6) is 0 Å². The van der Waals surface area contributed by atoms with E-state index < -0.39 is 0 Å². The monoisotopic (exact) mass is 793 g/mol. The summed E-state index contributed by atoms with van der Waals surface area (Å²) in [6.45, 7) is 2.14. The van der Waals surface area contributed by atoms with E-state index in [1.165, 1.54) is 16.3 Å². The molecule has 12 rings (SSSR count). The van der Waals surface area contributed by atoms with E-state index in [9.17, 15) is 0 Å². The molecule has 0 amide bonds. The standard InChI is InChI=1S/C57H39N5/c1-38-26-30-47(31-27-38)60-52-32-28-41(39-14-12-16-43(34-39)56-58-50-22-8-10-24-54(50)61(56)45-18-4-2-5-19-45)36-48(52)49-37-42(29-33-53(49)60)40-15-13-17-44(35-40)57-59-51-23-9-11-25-55(51)62(57)46-20-6-3-7-21-46/h2-37H,1H3. The largest absolute Gasteiger partial charge is 0.309 e. The van der Waals surface area contributed by atoms with E-state index in [1.807, 2.05) is 0 Å². The molecule has 0 fully saturated rings. The summed E-state index contributed by atoms with van der Waals surface area (Å²) in [6.07, 6.45) is 0. The smallest absolute Gasteiger partial charge is 0.145 e. The summed E-state index contributed by atoms with van der Waals surface area (Å²) < 4.78 is 6.93. The van der Waals surface area contributed by atoms with Crippen LogP contribution < -0.4 is 0 Å². The van der Waals surface area contributed by atoms with Gasteiger partial charge in [0, 0.05) is 39.0 Å². The van der Waals surface area contributed by atoms with Gasteiger partial charge in [-0.3, -0.25) is 9.13 Å². The predicted octanol–water partition coefficient (Wildman–Crippen LogP) is 14.4. The van der Waals surface area contributed by atoms with Crippen molar-refractivity contribution in [2.45, 2.75) is 6.92 Å². The molecule has 62 heavy (non-hydrogen) atoms. The predicted molar refractivity (Wildman–Crippen MR) is 257 cm³/mol. The van der Waals surface area contributed by atoms with Crippen LogP contribution in [0.1, 0.15) is 5.56 Å². The second-order valence-corrected chi connectivity index (χ2v) is 16.0. The zero-order valence-corrected chi connectivity index (χ0v) is 34.0. The molecular weight excluding hydrogens is 755 g/mol. The summed E-state index contributed by atoms with van der Waals surface area (Å²) in [5.41, 5.74) is 17.7. The molecule has 3 heterocycles. The van der Waals surface area contributed by atoms with Crippen molar-refractivity contribution in [3.05, 3.63) is 224 Å². The molecule has 9 aromatic carbocycles. The van der Waals surface area contributed by atoms with Gasteiger partial charge in [-0.2, -0.15) is 0 Å². The summed E-state index contributed by atoms with van der Waals surface area (Å²) in [4.78, 5) is 10.4. The van der Waals surface area contributed by atoms with Gasteiger partial charge in [-0.15, -0.1) is 0 Å². The van der Waals surface area contributed by atoms with Crippen LogP contribution in [0.4, 0.5) is 0 Å². The number of imidazole rings is 2. The number of aryl methyl sites for hydroxylation is 1. The summed E-state index contributed by atoms with van der Waals surface area (Å²) in [6, 6.07) is 78.0. The number of fused-ring (bicyclic) bond motifs is 5. The molecule has 292 valence electrons. The SMILES string of the molecule is Cc1ccc(-n2c3ccc(-c4cccc(-c5nc6ccccc6n5-c5ccccc5)c4)cc3c3cc(-c4cccc(-c5nc6ccccc6n5-c5ccccc5)c4)ccc32)cc1. The van der Waals surface area contributed by atoms with Crippen LogP contribution in [-0.4, -0.2) is 23.7 Å². The Hall–Kier alpha value is -8.28. The van der Waals surface area contributed by atoms with Crippen LogP contribution in [0.25, 0.3) is 106 Å². The van der Waals surface area contributed by atoms with Crippen LogP contribution >= 0.6 is 0 Å². The third kappa shape index (κ3) is 5.94. The lowest BCUT2D eigenvalue weighted by molar-refractivity contribution is 1.10. The molecule has 0 saturated carbocycles. The average Bonchev–Trinajstić information content (AvgIpc) is 4.02. The van der Waals surface area contributed by atoms with Crippen molar-refractivity contribution in [3.63, 3.8) is 0 Å². The Bertz CT molecular complexity index is 3410. The number of para-hydroxylation sites is 6. The van der Waals surface area contributed by atoms with E-state index >= 15 is 0 Å². The van der Waals surface area contributed by atoms with Crippen molar-refractivity contribution in [3.8, 4) is 62.1 Å². The maximum atomic E-state index is 5.18. The lowest BCUT2D eigenvalue weighted by atomic mass is 9.98. The third-order valence-corrected chi connectivity index (χ3v) is 12.1. The van der Waals surface area contributed by atoms with Crippen molar-refractivity contribution in [2.24, 2.45) is 0 Å². The van der Waals surface area contributed by atoms with E-state index in [0.717, 1.165) is 95.2 Å². The van der Waals surface area contributed by atoms with E-state index in [0.29, 0.717) is 0 Å². The summed E-state index contributed by atoms with van der Waals surface area (Å²) in [5, 5.41) is 2.40. The molecule has 12 aromatic rings. The number of benzene rings is 9. The lowest BCUT2D eigenvalue weighted by Gasteiger charge is -2.11. The van der Waals surface area contributed by atoms with Gasteiger partial charge in [0.15, 0.2) is 0 Å². The Morgan fingerprint density at radius 1 is 0.290 bits per heavy atom. The molecule has 0 radical (unpaired) electrons. The molecule has 0 aliphatic heterocycles. The first kappa shape index (κ1) is 35.6. The number of aromatic nitrogens is 5. The minimum atomic E-state index is 0.919. The third-order valence-electron chi connectivity index (χ3n) is 12.1. The number of hydrogen-bond acceptors (Lipinski definition) is 2. The van der Waals surface area contributed by atoms with Crippen LogP contribution in [0.2, 0.25) is 0 Å². The fourth-order valence-corrected chi connectivity index (χ4v) is 9.15. The van der Waals surface area contributed by atoms with Gasteiger partial charge in [-0.05, 0) is 126 Å². The Balaban J connectivity index is 1.01. The molecule has 0 spiro atoms. The molecule has 5 nitrogen and oxygen atoms in total. The van der Waals surface area contributed by atoms with Crippen molar-refractivity contribution >= 4 is 43.9 Å². The molecule has 0 aliphatic carbocycles.